The van der Waals surface area contributed by atoms with Crippen molar-refractivity contribution in [2.45, 2.75) is 26.2 Å². The summed E-state index contributed by atoms with van der Waals surface area (Å²) in [5, 5.41) is 2.87. The van der Waals surface area contributed by atoms with Crippen LogP contribution in [0.1, 0.15) is 24.8 Å². The molecular weight excluding hydrogens is 268 g/mol. The molecule has 2 rings (SSSR count). The molecule has 0 spiro atoms. The minimum Gasteiger partial charge on any atom is -0.397 e. The SMILES string of the molecule is Cc1cc(N)c(NC(=O)CC2CC2)c(Br)c1. The van der Waals surface area contributed by atoms with E-state index >= 15 is 0 Å². The van der Waals surface area contributed by atoms with E-state index in [1.54, 1.807) is 0 Å². The molecule has 0 radical (unpaired) electrons. The second kappa shape index (κ2) is 4.45. The lowest BCUT2D eigenvalue weighted by Crippen LogP contribution is -2.13. The topological polar surface area (TPSA) is 55.1 Å². The number of hydrogen-bond donors (Lipinski definition) is 2. The number of hydrogen-bond acceptors (Lipinski definition) is 2. The van der Waals surface area contributed by atoms with Gasteiger partial charge in [0, 0.05) is 10.9 Å². The number of nitrogens with one attached hydrogen (secondary N) is 1. The molecule has 1 aromatic carbocycles. The van der Waals surface area contributed by atoms with Crippen LogP contribution in [0, 0.1) is 12.8 Å². The van der Waals surface area contributed by atoms with Gasteiger partial charge in [-0.3, -0.25) is 4.79 Å². The first-order valence-corrected chi connectivity index (χ1v) is 6.21. The molecule has 1 amide bonds. The number of halogens is 1. The van der Waals surface area contributed by atoms with Crippen LogP contribution in [-0.2, 0) is 4.79 Å². The van der Waals surface area contributed by atoms with Crippen LogP contribution in [0.15, 0.2) is 16.6 Å². The Labute approximate surface area is 104 Å². The lowest BCUT2D eigenvalue weighted by Gasteiger charge is -2.11. The average Bonchev–Trinajstić information content (AvgIpc) is 2.95. The quantitative estimate of drug-likeness (QED) is 0.837. The smallest absolute Gasteiger partial charge is 0.224 e. The van der Waals surface area contributed by atoms with Gasteiger partial charge in [-0.05, 0) is 59.3 Å². The highest BCUT2D eigenvalue weighted by molar-refractivity contribution is 9.10. The molecule has 3 N–H and O–H groups in total. The predicted octanol–water partition coefficient (Wildman–Crippen LogP) is 3.08. The minimum absolute atomic E-state index is 0.0544. The van der Waals surface area contributed by atoms with Gasteiger partial charge in [0.05, 0.1) is 11.4 Å². The van der Waals surface area contributed by atoms with E-state index in [1.165, 1.54) is 12.8 Å². The maximum atomic E-state index is 11.7. The lowest BCUT2D eigenvalue weighted by atomic mass is 10.2. The van der Waals surface area contributed by atoms with Crippen LogP contribution in [0.3, 0.4) is 0 Å². The molecule has 0 heterocycles. The Kier molecular flexibility index (Phi) is 3.19. The number of carbonyl (C=O) groups excluding carboxylic acids is 1. The zero-order chi connectivity index (χ0) is 11.7. The molecule has 1 aromatic rings. The Morgan fingerprint density at radius 2 is 2.25 bits per heavy atom. The Balaban J connectivity index is 2.10. The molecule has 0 aromatic heterocycles. The highest BCUT2D eigenvalue weighted by Gasteiger charge is 2.24. The van der Waals surface area contributed by atoms with Gasteiger partial charge in [0.2, 0.25) is 5.91 Å². The zero-order valence-electron chi connectivity index (χ0n) is 9.22. The third-order valence-electron chi connectivity index (χ3n) is 2.70. The molecule has 16 heavy (non-hydrogen) atoms. The van der Waals surface area contributed by atoms with E-state index in [9.17, 15) is 4.79 Å². The maximum absolute atomic E-state index is 11.7. The average molecular weight is 283 g/mol. The van der Waals surface area contributed by atoms with Crippen LogP contribution < -0.4 is 11.1 Å². The third kappa shape index (κ3) is 2.76. The van der Waals surface area contributed by atoms with Crippen LogP contribution in [0.25, 0.3) is 0 Å². The fourth-order valence-electron chi connectivity index (χ4n) is 1.68. The molecule has 0 saturated heterocycles. The normalized spacial score (nSPS) is 14.9. The van der Waals surface area contributed by atoms with Crippen molar-refractivity contribution in [3.8, 4) is 0 Å². The van der Waals surface area contributed by atoms with Gasteiger partial charge in [0.15, 0.2) is 0 Å². The Morgan fingerprint density at radius 3 is 2.81 bits per heavy atom. The summed E-state index contributed by atoms with van der Waals surface area (Å²) < 4.78 is 0.842. The minimum atomic E-state index is 0.0544. The summed E-state index contributed by atoms with van der Waals surface area (Å²) in [7, 11) is 0. The summed E-state index contributed by atoms with van der Waals surface area (Å²) in [6.45, 7) is 1.97. The van der Waals surface area contributed by atoms with E-state index in [2.05, 4.69) is 21.2 Å². The van der Waals surface area contributed by atoms with Gasteiger partial charge in [-0.1, -0.05) is 0 Å². The monoisotopic (exact) mass is 282 g/mol. The van der Waals surface area contributed by atoms with Crippen molar-refractivity contribution in [3.05, 3.63) is 22.2 Å². The van der Waals surface area contributed by atoms with E-state index in [0.717, 1.165) is 10.0 Å². The second-order valence-corrected chi connectivity index (χ2v) is 5.26. The van der Waals surface area contributed by atoms with Gasteiger partial charge in [-0.2, -0.15) is 0 Å². The molecular formula is C12H15BrN2O. The summed E-state index contributed by atoms with van der Waals surface area (Å²) >= 11 is 3.41. The number of amides is 1. The molecule has 86 valence electrons. The molecule has 1 saturated carbocycles. The summed E-state index contributed by atoms with van der Waals surface area (Å²) in [5.41, 5.74) is 8.24. The van der Waals surface area contributed by atoms with Crippen molar-refractivity contribution in [2.75, 3.05) is 11.1 Å². The van der Waals surface area contributed by atoms with Gasteiger partial charge >= 0.3 is 0 Å². The standard InChI is InChI=1S/C12H15BrN2O/c1-7-4-9(13)12(10(14)5-7)15-11(16)6-8-2-3-8/h4-5,8H,2-3,6,14H2,1H3,(H,15,16). The molecule has 1 aliphatic carbocycles. The van der Waals surface area contributed by atoms with Gasteiger partial charge in [-0.15, -0.1) is 0 Å². The number of benzene rings is 1. The second-order valence-electron chi connectivity index (χ2n) is 4.41. The molecule has 4 heteroatoms. The number of aryl methyl sites for hydroxylation is 1. The van der Waals surface area contributed by atoms with Gasteiger partial charge in [0.1, 0.15) is 0 Å². The molecule has 0 aliphatic heterocycles. The lowest BCUT2D eigenvalue weighted by molar-refractivity contribution is -0.116. The fourth-order valence-corrected chi connectivity index (χ4v) is 2.36. The third-order valence-corrected chi connectivity index (χ3v) is 3.33. The molecule has 1 aliphatic rings. The number of rotatable bonds is 3. The van der Waals surface area contributed by atoms with Crippen molar-refractivity contribution < 1.29 is 4.79 Å². The fraction of sp³-hybridized carbons (Fsp3) is 0.417. The van der Waals surface area contributed by atoms with Crippen molar-refractivity contribution in [2.24, 2.45) is 5.92 Å². The van der Waals surface area contributed by atoms with Gasteiger partial charge < -0.3 is 11.1 Å². The number of anilines is 2. The molecule has 0 unspecified atom stereocenters. The van der Waals surface area contributed by atoms with Crippen LogP contribution in [0.4, 0.5) is 11.4 Å². The van der Waals surface area contributed by atoms with Crippen molar-refractivity contribution in [1.29, 1.82) is 0 Å². The Morgan fingerprint density at radius 1 is 1.56 bits per heavy atom. The van der Waals surface area contributed by atoms with Gasteiger partial charge in [0.25, 0.3) is 0 Å². The first kappa shape index (κ1) is 11.5. The van der Waals surface area contributed by atoms with Crippen LogP contribution >= 0.6 is 15.9 Å². The van der Waals surface area contributed by atoms with Gasteiger partial charge in [-0.25, -0.2) is 0 Å². The van der Waals surface area contributed by atoms with Crippen molar-refractivity contribution in [3.63, 3.8) is 0 Å². The molecule has 1 fully saturated rings. The van der Waals surface area contributed by atoms with E-state index in [0.29, 0.717) is 23.7 Å². The first-order valence-electron chi connectivity index (χ1n) is 5.41. The number of nitrogens with two attached hydrogens (primary N) is 1. The van der Waals surface area contributed by atoms with E-state index in [1.807, 2.05) is 19.1 Å². The molecule has 0 atom stereocenters. The summed E-state index contributed by atoms with van der Waals surface area (Å²) in [6, 6.07) is 3.81. The van der Waals surface area contributed by atoms with E-state index in [-0.39, 0.29) is 5.91 Å². The first-order chi connectivity index (χ1) is 7.56. The number of nitrogen functional groups attached to an aromatic ring is 1. The molecule has 0 bridgehead atoms. The maximum Gasteiger partial charge on any atom is 0.224 e. The van der Waals surface area contributed by atoms with Crippen LogP contribution in [0.2, 0.25) is 0 Å². The Bertz CT molecular complexity index is 404. The zero-order valence-corrected chi connectivity index (χ0v) is 10.8. The Hall–Kier alpha value is -1.03. The summed E-state index contributed by atoms with van der Waals surface area (Å²) in [6.07, 6.45) is 2.97. The van der Waals surface area contributed by atoms with Crippen molar-refractivity contribution in [1.82, 2.24) is 0 Å². The predicted molar refractivity (Wildman–Crippen MR) is 69.3 cm³/mol. The van der Waals surface area contributed by atoms with E-state index in [4.69, 9.17) is 5.73 Å². The van der Waals surface area contributed by atoms with Crippen LogP contribution in [-0.4, -0.2) is 5.91 Å². The van der Waals surface area contributed by atoms with Crippen LogP contribution in [0.5, 0.6) is 0 Å². The highest BCUT2D eigenvalue weighted by atomic mass is 79.9. The largest absolute Gasteiger partial charge is 0.397 e. The number of carbonyl (C=O) groups is 1. The molecule has 3 nitrogen and oxygen atoms in total. The summed E-state index contributed by atoms with van der Waals surface area (Å²) in [5.74, 6) is 0.643. The highest BCUT2D eigenvalue weighted by Crippen LogP contribution is 2.34. The van der Waals surface area contributed by atoms with Crippen molar-refractivity contribution >= 4 is 33.2 Å². The van der Waals surface area contributed by atoms with E-state index < -0.39 is 0 Å². The summed E-state index contributed by atoms with van der Waals surface area (Å²) in [4.78, 5) is 11.7.